The minimum absolute atomic E-state index is 0.0255. The second-order valence-corrected chi connectivity index (χ2v) is 4.17. The molecule has 0 amide bonds. The van der Waals surface area contributed by atoms with E-state index in [9.17, 15) is 4.79 Å². The summed E-state index contributed by atoms with van der Waals surface area (Å²) in [6.45, 7) is 5.43. The normalized spacial score (nSPS) is 10.5. The van der Waals surface area contributed by atoms with Gasteiger partial charge in [0, 0.05) is 16.9 Å². The summed E-state index contributed by atoms with van der Waals surface area (Å²) >= 11 is 0. The molecule has 0 aliphatic heterocycles. The second-order valence-electron chi connectivity index (χ2n) is 4.17. The number of Topliss-reactive ketones (excluding diaryl/α,β-unsaturated/α-hetero) is 1. The number of aromatic nitrogens is 2. The number of hydrogen-bond acceptors (Lipinski definition) is 3. The molecular formula is C13H15N3O. The SMILES string of the molecule is CC(=O)c1ccc(-n2nc(C)cc2C)cc1N. The van der Waals surface area contributed by atoms with E-state index in [1.165, 1.54) is 6.92 Å². The lowest BCUT2D eigenvalue weighted by Crippen LogP contribution is -2.04. The molecule has 88 valence electrons. The molecule has 17 heavy (non-hydrogen) atoms. The van der Waals surface area contributed by atoms with Crippen LogP contribution < -0.4 is 5.73 Å². The average molecular weight is 229 g/mol. The Morgan fingerprint density at radius 1 is 1.29 bits per heavy atom. The quantitative estimate of drug-likeness (QED) is 0.634. The fraction of sp³-hybridized carbons (Fsp3) is 0.231. The van der Waals surface area contributed by atoms with E-state index in [1.807, 2.05) is 30.7 Å². The lowest BCUT2D eigenvalue weighted by molar-refractivity contribution is 0.101. The fourth-order valence-electron chi connectivity index (χ4n) is 1.89. The monoisotopic (exact) mass is 229 g/mol. The van der Waals surface area contributed by atoms with E-state index in [1.54, 1.807) is 12.1 Å². The number of benzene rings is 1. The van der Waals surface area contributed by atoms with Crippen molar-refractivity contribution < 1.29 is 4.79 Å². The van der Waals surface area contributed by atoms with Gasteiger partial charge in [-0.25, -0.2) is 4.68 Å². The van der Waals surface area contributed by atoms with Crippen molar-refractivity contribution in [3.63, 3.8) is 0 Å². The second kappa shape index (κ2) is 4.05. The van der Waals surface area contributed by atoms with Gasteiger partial charge in [-0.3, -0.25) is 4.79 Å². The molecule has 4 nitrogen and oxygen atoms in total. The Bertz CT molecular complexity index is 584. The number of rotatable bonds is 2. The van der Waals surface area contributed by atoms with Crippen molar-refractivity contribution in [3.05, 3.63) is 41.2 Å². The molecule has 1 aromatic heterocycles. The maximum absolute atomic E-state index is 11.3. The molecule has 0 radical (unpaired) electrons. The molecule has 0 aliphatic rings. The van der Waals surface area contributed by atoms with Gasteiger partial charge in [-0.2, -0.15) is 5.10 Å². The van der Waals surface area contributed by atoms with Crippen LogP contribution in [0.2, 0.25) is 0 Å². The highest BCUT2D eigenvalue weighted by Crippen LogP contribution is 2.19. The van der Waals surface area contributed by atoms with Gasteiger partial charge in [0.15, 0.2) is 5.78 Å². The lowest BCUT2D eigenvalue weighted by Gasteiger charge is -2.07. The first-order valence-corrected chi connectivity index (χ1v) is 5.43. The van der Waals surface area contributed by atoms with Gasteiger partial charge in [0.05, 0.1) is 11.4 Å². The predicted molar refractivity (Wildman–Crippen MR) is 67.5 cm³/mol. The molecule has 2 aromatic rings. The highest BCUT2D eigenvalue weighted by atomic mass is 16.1. The molecule has 1 aromatic carbocycles. The smallest absolute Gasteiger partial charge is 0.161 e. The molecule has 1 heterocycles. The van der Waals surface area contributed by atoms with Crippen molar-refractivity contribution in [2.24, 2.45) is 0 Å². The van der Waals surface area contributed by atoms with Crippen molar-refractivity contribution in [2.75, 3.05) is 5.73 Å². The van der Waals surface area contributed by atoms with Crippen molar-refractivity contribution in [1.29, 1.82) is 0 Å². The number of anilines is 1. The third-order valence-corrected chi connectivity index (χ3v) is 2.67. The molecule has 0 saturated carbocycles. The first-order valence-electron chi connectivity index (χ1n) is 5.43. The predicted octanol–water partition coefficient (Wildman–Crippen LogP) is 2.27. The largest absolute Gasteiger partial charge is 0.398 e. The van der Waals surface area contributed by atoms with Gasteiger partial charge < -0.3 is 5.73 Å². The van der Waals surface area contributed by atoms with Gasteiger partial charge >= 0.3 is 0 Å². The molecule has 0 spiro atoms. The van der Waals surface area contributed by atoms with Crippen molar-refractivity contribution in [1.82, 2.24) is 9.78 Å². The van der Waals surface area contributed by atoms with E-state index < -0.39 is 0 Å². The summed E-state index contributed by atoms with van der Waals surface area (Å²) in [7, 11) is 0. The van der Waals surface area contributed by atoms with Gasteiger partial charge in [0.2, 0.25) is 0 Å². The maximum atomic E-state index is 11.3. The van der Waals surface area contributed by atoms with Crippen LogP contribution in [0.5, 0.6) is 0 Å². The Hall–Kier alpha value is -2.10. The zero-order valence-corrected chi connectivity index (χ0v) is 10.2. The molecular weight excluding hydrogens is 214 g/mol. The molecule has 2 N–H and O–H groups in total. The van der Waals surface area contributed by atoms with Crippen molar-refractivity contribution in [2.45, 2.75) is 20.8 Å². The number of nitrogens with two attached hydrogens (primary N) is 1. The van der Waals surface area contributed by atoms with Crippen molar-refractivity contribution in [3.8, 4) is 5.69 Å². The highest BCUT2D eigenvalue weighted by Gasteiger charge is 2.08. The summed E-state index contributed by atoms with van der Waals surface area (Å²) in [5.41, 5.74) is 9.76. The van der Waals surface area contributed by atoms with E-state index in [0.29, 0.717) is 11.3 Å². The number of aryl methyl sites for hydroxylation is 2. The summed E-state index contributed by atoms with van der Waals surface area (Å²) in [5, 5.41) is 4.37. The Kier molecular flexibility index (Phi) is 2.71. The number of carbonyl (C=O) groups is 1. The minimum Gasteiger partial charge on any atom is -0.398 e. The molecule has 0 atom stereocenters. The molecule has 2 rings (SSSR count). The van der Waals surface area contributed by atoms with Gasteiger partial charge in [-0.05, 0) is 45.0 Å². The number of nitrogen functional groups attached to an aromatic ring is 1. The van der Waals surface area contributed by atoms with Gasteiger partial charge in [-0.1, -0.05) is 0 Å². The van der Waals surface area contributed by atoms with Crippen LogP contribution in [0.15, 0.2) is 24.3 Å². The molecule has 0 bridgehead atoms. The van der Waals surface area contributed by atoms with Gasteiger partial charge in [-0.15, -0.1) is 0 Å². The van der Waals surface area contributed by atoms with Gasteiger partial charge in [0.25, 0.3) is 0 Å². The molecule has 0 aliphatic carbocycles. The highest BCUT2D eigenvalue weighted by molar-refractivity contribution is 5.99. The van der Waals surface area contributed by atoms with E-state index >= 15 is 0 Å². The van der Waals surface area contributed by atoms with Crippen LogP contribution >= 0.6 is 0 Å². The Labute approximate surface area is 100 Å². The van der Waals surface area contributed by atoms with Crippen molar-refractivity contribution >= 4 is 11.5 Å². The molecule has 0 unspecified atom stereocenters. The lowest BCUT2D eigenvalue weighted by atomic mass is 10.1. The zero-order chi connectivity index (χ0) is 12.6. The summed E-state index contributed by atoms with van der Waals surface area (Å²) in [5.74, 6) is -0.0255. The first kappa shape index (κ1) is 11.4. The number of ketones is 1. The van der Waals surface area contributed by atoms with Crippen LogP contribution in [0.3, 0.4) is 0 Å². The zero-order valence-electron chi connectivity index (χ0n) is 10.2. The average Bonchev–Trinajstić information content (AvgIpc) is 2.57. The standard InChI is InChI=1S/C13H15N3O/c1-8-6-9(2)16(15-8)11-4-5-12(10(3)17)13(14)7-11/h4-7H,14H2,1-3H3. The number of nitrogens with zero attached hydrogens (tertiary/aromatic N) is 2. The summed E-state index contributed by atoms with van der Waals surface area (Å²) < 4.78 is 1.82. The van der Waals surface area contributed by atoms with Crippen LogP contribution in [0, 0.1) is 13.8 Å². The third-order valence-electron chi connectivity index (χ3n) is 2.67. The number of carbonyl (C=O) groups excluding carboxylic acids is 1. The van der Waals surface area contributed by atoms with Crippen LogP contribution in [0.25, 0.3) is 5.69 Å². The third kappa shape index (κ3) is 2.06. The fourth-order valence-corrected chi connectivity index (χ4v) is 1.89. The van der Waals surface area contributed by atoms with Gasteiger partial charge in [0.1, 0.15) is 0 Å². The van der Waals surface area contributed by atoms with E-state index in [2.05, 4.69) is 5.10 Å². The Balaban J connectivity index is 2.51. The first-order chi connectivity index (χ1) is 7.99. The molecule has 4 heteroatoms. The Morgan fingerprint density at radius 3 is 2.47 bits per heavy atom. The van der Waals surface area contributed by atoms with Crippen LogP contribution in [-0.4, -0.2) is 15.6 Å². The summed E-state index contributed by atoms with van der Waals surface area (Å²) in [6.07, 6.45) is 0. The maximum Gasteiger partial charge on any atom is 0.161 e. The molecule has 0 saturated heterocycles. The number of hydrogen-bond donors (Lipinski definition) is 1. The molecule has 0 fully saturated rings. The Morgan fingerprint density at radius 2 is 2.00 bits per heavy atom. The summed E-state index contributed by atoms with van der Waals surface area (Å²) in [4.78, 5) is 11.3. The van der Waals surface area contributed by atoms with Crippen LogP contribution in [0.4, 0.5) is 5.69 Å². The summed E-state index contributed by atoms with van der Waals surface area (Å²) in [6, 6.07) is 7.36. The van der Waals surface area contributed by atoms with Crippen LogP contribution in [-0.2, 0) is 0 Å². The minimum atomic E-state index is -0.0255. The van der Waals surface area contributed by atoms with Crippen LogP contribution in [0.1, 0.15) is 28.7 Å². The van der Waals surface area contributed by atoms with E-state index in [-0.39, 0.29) is 5.78 Å². The topological polar surface area (TPSA) is 60.9 Å². The van der Waals surface area contributed by atoms with E-state index in [0.717, 1.165) is 17.1 Å². The van der Waals surface area contributed by atoms with E-state index in [4.69, 9.17) is 5.73 Å².